The summed E-state index contributed by atoms with van der Waals surface area (Å²) < 4.78 is 18.8. The highest BCUT2D eigenvalue weighted by Crippen LogP contribution is 2.35. The molecule has 18 heavy (non-hydrogen) atoms. The van der Waals surface area contributed by atoms with E-state index in [1.165, 1.54) is 12.1 Å². The lowest BCUT2D eigenvalue weighted by molar-refractivity contribution is -0.00231. The summed E-state index contributed by atoms with van der Waals surface area (Å²) in [5, 5.41) is 11.4. The maximum atomic E-state index is 13.1. The molecule has 0 amide bonds. The Morgan fingerprint density at radius 3 is 2.44 bits per heavy atom. The molecular formula is C15H19FO2. The topological polar surface area (TPSA) is 33.4 Å². The molecular weight excluding hydrogens is 231 g/mol. The van der Waals surface area contributed by atoms with Gasteiger partial charge in [-0.05, 0) is 37.1 Å². The lowest BCUT2D eigenvalue weighted by atomic mass is 9.90. The molecule has 0 aliphatic heterocycles. The Morgan fingerprint density at radius 2 is 1.83 bits per heavy atom. The molecule has 0 aliphatic carbocycles. The first kappa shape index (κ1) is 13.1. The summed E-state index contributed by atoms with van der Waals surface area (Å²) in [7, 11) is 0. The molecule has 0 saturated heterocycles. The van der Waals surface area contributed by atoms with Crippen LogP contribution in [-0.4, -0.2) is 5.11 Å². The summed E-state index contributed by atoms with van der Waals surface area (Å²) in [5.41, 5.74) is -0.309. The third-order valence-corrected chi connectivity index (χ3v) is 3.26. The van der Waals surface area contributed by atoms with Crippen LogP contribution in [0.2, 0.25) is 0 Å². The van der Waals surface area contributed by atoms with Gasteiger partial charge in [-0.3, -0.25) is 0 Å². The van der Waals surface area contributed by atoms with Gasteiger partial charge in [0.2, 0.25) is 0 Å². The Kier molecular flexibility index (Phi) is 3.71. The van der Waals surface area contributed by atoms with Gasteiger partial charge in [-0.1, -0.05) is 26.7 Å². The molecule has 2 rings (SSSR count). The molecule has 0 aliphatic rings. The van der Waals surface area contributed by atoms with Crippen molar-refractivity contribution in [1.82, 2.24) is 0 Å². The first-order chi connectivity index (χ1) is 8.59. The zero-order chi connectivity index (χ0) is 13.2. The highest BCUT2D eigenvalue weighted by atomic mass is 19.1. The largest absolute Gasteiger partial charge is 0.458 e. The van der Waals surface area contributed by atoms with Crippen LogP contribution in [0, 0.1) is 5.82 Å². The van der Waals surface area contributed by atoms with E-state index in [1.807, 2.05) is 13.8 Å². The SMILES string of the molecule is CCCC(O)(CCC)c1cc2cc(F)ccc2o1. The number of benzene rings is 1. The average molecular weight is 250 g/mol. The maximum Gasteiger partial charge on any atom is 0.136 e. The molecule has 1 aromatic heterocycles. The smallest absolute Gasteiger partial charge is 0.136 e. The molecule has 3 heteroatoms. The second-order valence-corrected chi connectivity index (χ2v) is 4.82. The highest BCUT2D eigenvalue weighted by molar-refractivity contribution is 5.78. The van der Waals surface area contributed by atoms with Gasteiger partial charge in [0.1, 0.15) is 22.8 Å². The molecule has 0 bridgehead atoms. The minimum Gasteiger partial charge on any atom is -0.458 e. The number of fused-ring (bicyclic) bond motifs is 1. The minimum absolute atomic E-state index is 0.288. The molecule has 2 nitrogen and oxygen atoms in total. The van der Waals surface area contributed by atoms with Crippen molar-refractivity contribution in [2.75, 3.05) is 0 Å². The third kappa shape index (κ3) is 2.41. The number of furan rings is 1. The summed E-state index contributed by atoms with van der Waals surface area (Å²) >= 11 is 0. The van der Waals surface area contributed by atoms with E-state index >= 15 is 0 Å². The van der Waals surface area contributed by atoms with Crippen molar-refractivity contribution in [3.05, 3.63) is 35.8 Å². The summed E-state index contributed by atoms with van der Waals surface area (Å²) in [6.07, 6.45) is 3.07. The van der Waals surface area contributed by atoms with Gasteiger partial charge in [-0.2, -0.15) is 0 Å². The van der Waals surface area contributed by atoms with Gasteiger partial charge >= 0.3 is 0 Å². The van der Waals surface area contributed by atoms with Gasteiger partial charge in [-0.25, -0.2) is 4.39 Å². The molecule has 0 unspecified atom stereocenters. The molecule has 0 spiro atoms. The predicted molar refractivity (Wildman–Crippen MR) is 69.9 cm³/mol. The van der Waals surface area contributed by atoms with Crippen molar-refractivity contribution in [1.29, 1.82) is 0 Å². The maximum absolute atomic E-state index is 13.1. The van der Waals surface area contributed by atoms with E-state index in [4.69, 9.17) is 4.42 Å². The fraction of sp³-hybridized carbons (Fsp3) is 0.467. The first-order valence-corrected chi connectivity index (χ1v) is 6.51. The minimum atomic E-state index is -0.932. The number of hydrogen-bond acceptors (Lipinski definition) is 2. The van der Waals surface area contributed by atoms with Gasteiger partial charge in [0, 0.05) is 5.39 Å². The van der Waals surface area contributed by atoms with E-state index < -0.39 is 5.60 Å². The normalized spacial score (nSPS) is 12.2. The Hall–Kier alpha value is -1.35. The zero-order valence-electron chi connectivity index (χ0n) is 10.9. The Bertz CT molecular complexity index is 524. The van der Waals surface area contributed by atoms with Crippen LogP contribution < -0.4 is 0 Å². The van der Waals surface area contributed by atoms with Gasteiger partial charge in [0.25, 0.3) is 0 Å². The van der Waals surface area contributed by atoms with Crippen molar-refractivity contribution >= 4 is 11.0 Å². The molecule has 1 aromatic carbocycles. The Morgan fingerprint density at radius 1 is 1.17 bits per heavy atom. The predicted octanol–water partition coefficient (Wildman–Crippen LogP) is 4.36. The highest BCUT2D eigenvalue weighted by Gasteiger charge is 2.31. The first-order valence-electron chi connectivity index (χ1n) is 6.51. The lowest BCUT2D eigenvalue weighted by Crippen LogP contribution is -2.24. The van der Waals surface area contributed by atoms with Gasteiger partial charge in [0.15, 0.2) is 0 Å². The second kappa shape index (κ2) is 5.11. The lowest BCUT2D eigenvalue weighted by Gasteiger charge is -2.24. The van der Waals surface area contributed by atoms with E-state index in [0.717, 1.165) is 12.8 Å². The third-order valence-electron chi connectivity index (χ3n) is 3.26. The number of rotatable bonds is 5. The van der Waals surface area contributed by atoms with Crippen molar-refractivity contribution in [2.24, 2.45) is 0 Å². The molecule has 0 atom stereocenters. The van der Waals surface area contributed by atoms with Crippen LogP contribution in [-0.2, 0) is 5.60 Å². The monoisotopic (exact) mass is 250 g/mol. The van der Waals surface area contributed by atoms with Crippen LogP contribution in [0.25, 0.3) is 11.0 Å². The number of hydrogen-bond donors (Lipinski definition) is 1. The fourth-order valence-corrected chi connectivity index (χ4v) is 2.44. The van der Waals surface area contributed by atoms with E-state index in [-0.39, 0.29) is 5.82 Å². The average Bonchev–Trinajstić information content (AvgIpc) is 2.73. The number of aliphatic hydroxyl groups is 1. The van der Waals surface area contributed by atoms with Gasteiger partial charge in [0.05, 0.1) is 0 Å². The van der Waals surface area contributed by atoms with Crippen LogP contribution >= 0.6 is 0 Å². The van der Waals surface area contributed by atoms with Crippen molar-refractivity contribution in [3.8, 4) is 0 Å². The molecule has 1 N–H and O–H groups in total. The fourth-order valence-electron chi connectivity index (χ4n) is 2.44. The number of halogens is 1. The zero-order valence-corrected chi connectivity index (χ0v) is 10.9. The van der Waals surface area contributed by atoms with Crippen molar-refractivity contribution < 1.29 is 13.9 Å². The summed E-state index contributed by atoms with van der Waals surface area (Å²) in [5.74, 6) is 0.260. The summed E-state index contributed by atoms with van der Waals surface area (Å²) in [4.78, 5) is 0. The van der Waals surface area contributed by atoms with Crippen LogP contribution in [0.5, 0.6) is 0 Å². The van der Waals surface area contributed by atoms with Gasteiger partial charge < -0.3 is 9.52 Å². The summed E-state index contributed by atoms with van der Waals surface area (Å²) in [6.45, 7) is 4.06. The Labute approximate surface area is 106 Å². The van der Waals surface area contributed by atoms with Crippen molar-refractivity contribution in [3.63, 3.8) is 0 Å². The van der Waals surface area contributed by atoms with E-state index in [2.05, 4.69) is 0 Å². The van der Waals surface area contributed by atoms with Crippen LogP contribution in [0.1, 0.15) is 45.3 Å². The molecule has 98 valence electrons. The van der Waals surface area contributed by atoms with Gasteiger partial charge in [-0.15, -0.1) is 0 Å². The van der Waals surface area contributed by atoms with E-state index in [0.29, 0.717) is 29.6 Å². The molecule has 2 aromatic rings. The molecule has 0 saturated carbocycles. The van der Waals surface area contributed by atoms with Crippen LogP contribution in [0.4, 0.5) is 4.39 Å². The van der Waals surface area contributed by atoms with E-state index in [1.54, 1.807) is 12.1 Å². The quantitative estimate of drug-likeness (QED) is 0.855. The van der Waals surface area contributed by atoms with E-state index in [9.17, 15) is 9.50 Å². The Balaban J connectivity index is 2.44. The van der Waals surface area contributed by atoms with Crippen LogP contribution in [0.3, 0.4) is 0 Å². The second-order valence-electron chi connectivity index (χ2n) is 4.82. The molecule has 1 heterocycles. The standard InChI is InChI=1S/C15H19FO2/c1-3-7-15(17,8-4-2)14-10-11-9-12(16)5-6-13(11)18-14/h5-6,9-10,17H,3-4,7-8H2,1-2H3. The molecule has 0 fully saturated rings. The van der Waals surface area contributed by atoms with Crippen molar-refractivity contribution in [2.45, 2.75) is 45.1 Å². The van der Waals surface area contributed by atoms with Crippen LogP contribution in [0.15, 0.2) is 28.7 Å². The molecule has 0 radical (unpaired) electrons. The summed E-state index contributed by atoms with van der Waals surface area (Å²) in [6, 6.07) is 6.16.